The molecule has 0 radical (unpaired) electrons. The molecule has 4 aromatic carbocycles. The Kier molecular flexibility index (Phi) is 11.0. The Morgan fingerprint density at radius 1 is 0.825 bits per heavy atom. The zero-order chi connectivity index (χ0) is 28.3. The summed E-state index contributed by atoms with van der Waals surface area (Å²) in [7, 11) is 0.838. The van der Waals surface area contributed by atoms with Crippen LogP contribution in [0.1, 0.15) is 33.5 Å². The molecule has 0 saturated heterocycles. The van der Waals surface area contributed by atoms with Gasteiger partial charge in [-0.05, 0) is 82.9 Å². The van der Waals surface area contributed by atoms with Crippen molar-refractivity contribution < 1.29 is 14.3 Å². The summed E-state index contributed by atoms with van der Waals surface area (Å²) in [6, 6.07) is 34.9. The highest BCUT2D eigenvalue weighted by molar-refractivity contribution is 7.98. The second-order valence-corrected chi connectivity index (χ2v) is 12.9. The highest BCUT2D eigenvalue weighted by Gasteiger charge is 2.24. The fraction of sp³-hybridized carbons (Fsp3) is 0.235. The van der Waals surface area contributed by atoms with Crippen LogP contribution in [0.4, 0.5) is 0 Å². The third-order valence-electron chi connectivity index (χ3n) is 6.88. The number of rotatable bonds is 12. The number of amides is 1. The molecule has 0 spiro atoms. The highest BCUT2D eigenvalue weighted by atomic mass is 32.2. The number of carbonyl (C=O) groups is 2. The molecule has 2 unspecified atom stereocenters. The predicted molar refractivity (Wildman–Crippen MR) is 170 cm³/mol. The van der Waals surface area contributed by atoms with Crippen molar-refractivity contribution in [2.45, 2.75) is 31.7 Å². The van der Waals surface area contributed by atoms with Crippen LogP contribution in [0.3, 0.4) is 0 Å². The summed E-state index contributed by atoms with van der Waals surface area (Å²) in [5.41, 5.74) is 6.06. The van der Waals surface area contributed by atoms with Crippen LogP contribution in [0.2, 0.25) is 0 Å². The van der Waals surface area contributed by atoms with Crippen molar-refractivity contribution in [3.05, 3.63) is 125 Å². The Bertz CT molecular complexity index is 1410. The lowest BCUT2D eigenvalue weighted by atomic mass is 9.94. The SMILES string of the molecule is COC(=O)C(CCSC)NC(=O)c1ccc(CP(Cc2ccccc2)c2ccccc2)cc1-c1ccccc1C. The van der Waals surface area contributed by atoms with Gasteiger partial charge in [0.05, 0.1) is 7.11 Å². The molecule has 0 bridgehead atoms. The number of esters is 1. The number of benzene rings is 4. The summed E-state index contributed by atoms with van der Waals surface area (Å²) in [5.74, 6) is 0.0513. The molecular weight excluding hydrogens is 533 g/mol. The van der Waals surface area contributed by atoms with E-state index >= 15 is 0 Å². The minimum atomic E-state index is -0.689. The van der Waals surface area contributed by atoms with E-state index in [1.54, 1.807) is 11.8 Å². The first-order valence-corrected chi connectivity index (χ1v) is 16.5. The van der Waals surface area contributed by atoms with Crippen molar-refractivity contribution in [1.82, 2.24) is 5.32 Å². The summed E-state index contributed by atoms with van der Waals surface area (Å²) >= 11 is 1.63. The van der Waals surface area contributed by atoms with Gasteiger partial charge in [-0.1, -0.05) is 98.9 Å². The summed E-state index contributed by atoms with van der Waals surface area (Å²) < 4.78 is 4.97. The molecule has 4 aromatic rings. The average Bonchev–Trinajstić information content (AvgIpc) is 2.99. The number of carbonyl (C=O) groups excluding carboxylic acids is 2. The Morgan fingerprint density at radius 3 is 2.15 bits per heavy atom. The molecule has 6 heteroatoms. The first-order valence-electron chi connectivity index (χ1n) is 13.4. The van der Waals surface area contributed by atoms with Crippen molar-refractivity contribution in [3.63, 3.8) is 0 Å². The summed E-state index contributed by atoms with van der Waals surface area (Å²) in [6.45, 7) is 2.06. The number of methoxy groups -OCH3 is 1. The lowest BCUT2D eigenvalue weighted by molar-refractivity contribution is -0.142. The van der Waals surface area contributed by atoms with Gasteiger partial charge in [-0.3, -0.25) is 4.79 Å². The molecule has 4 rings (SSSR count). The van der Waals surface area contributed by atoms with E-state index in [2.05, 4.69) is 97.2 Å². The van der Waals surface area contributed by atoms with Crippen LogP contribution < -0.4 is 10.6 Å². The van der Waals surface area contributed by atoms with Crippen LogP contribution in [0, 0.1) is 6.92 Å². The number of thioether (sulfide) groups is 1. The normalized spacial score (nSPS) is 12.4. The molecule has 1 amide bonds. The summed E-state index contributed by atoms with van der Waals surface area (Å²) in [6.07, 6.45) is 4.37. The van der Waals surface area contributed by atoms with Gasteiger partial charge in [0, 0.05) is 5.56 Å². The standard InChI is InChI=1S/C34H36NO3PS/c1-25-12-10-11-17-29(25)31-22-27(18-19-30(31)33(36)35-32(20-21-40-3)34(37)38-2)24-39(28-15-8-5-9-16-28)23-26-13-6-4-7-14-26/h4-19,22,32H,20-21,23-24H2,1-3H3,(H,35,36). The zero-order valence-electron chi connectivity index (χ0n) is 23.3. The van der Waals surface area contributed by atoms with E-state index < -0.39 is 19.9 Å². The Morgan fingerprint density at radius 2 is 1.48 bits per heavy atom. The Labute approximate surface area is 243 Å². The van der Waals surface area contributed by atoms with Crippen LogP contribution in [0.5, 0.6) is 0 Å². The number of ether oxygens (including phenoxy) is 1. The van der Waals surface area contributed by atoms with E-state index in [-0.39, 0.29) is 5.91 Å². The Hall–Kier alpha value is -3.40. The summed E-state index contributed by atoms with van der Waals surface area (Å²) in [5, 5.41) is 4.30. The van der Waals surface area contributed by atoms with Crippen molar-refractivity contribution >= 4 is 36.9 Å². The highest BCUT2D eigenvalue weighted by Crippen LogP contribution is 2.43. The lowest BCUT2D eigenvalue weighted by Crippen LogP contribution is -2.42. The fourth-order valence-corrected chi connectivity index (χ4v) is 7.58. The first kappa shape index (κ1) is 29.6. The molecule has 0 aliphatic heterocycles. The van der Waals surface area contributed by atoms with Crippen LogP contribution in [0.15, 0.2) is 103 Å². The van der Waals surface area contributed by atoms with Gasteiger partial charge in [0.1, 0.15) is 6.04 Å². The number of hydrogen-bond donors (Lipinski definition) is 1. The topological polar surface area (TPSA) is 55.4 Å². The van der Waals surface area contributed by atoms with Crippen LogP contribution >= 0.6 is 19.7 Å². The number of nitrogens with one attached hydrogen (secondary N) is 1. The van der Waals surface area contributed by atoms with Crippen molar-refractivity contribution in [1.29, 1.82) is 0 Å². The van der Waals surface area contributed by atoms with Gasteiger partial charge >= 0.3 is 5.97 Å². The van der Waals surface area contributed by atoms with Gasteiger partial charge < -0.3 is 10.1 Å². The molecule has 0 aliphatic carbocycles. The number of aryl methyl sites for hydroxylation is 1. The zero-order valence-corrected chi connectivity index (χ0v) is 25.0. The maximum Gasteiger partial charge on any atom is 0.328 e. The van der Waals surface area contributed by atoms with E-state index in [0.29, 0.717) is 12.0 Å². The largest absolute Gasteiger partial charge is 0.467 e. The van der Waals surface area contributed by atoms with Crippen LogP contribution in [0.25, 0.3) is 11.1 Å². The maximum atomic E-state index is 13.6. The maximum absolute atomic E-state index is 13.6. The van der Waals surface area contributed by atoms with Crippen LogP contribution in [-0.2, 0) is 21.9 Å². The minimum Gasteiger partial charge on any atom is -0.467 e. The van der Waals surface area contributed by atoms with Gasteiger partial charge in [0.2, 0.25) is 0 Å². The van der Waals surface area contributed by atoms with Gasteiger partial charge in [0.15, 0.2) is 0 Å². The van der Waals surface area contributed by atoms with E-state index in [1.807, 2.05) is 24.5 Å². The predicted octanol–water partition coefficient (Wildman–Crippen LogP) is 7.19. The van der Waals surface area contributed by atoms with Gasteiger partial charge in [-0.2, -0.15) is 11.8 Å². The lowest BCUT2D eigenvalue weighted by Gasteiger charge is -2.21. The van der Waals surface area contributed by atoms with Crippen LogP contribution in [-0.4, -0.2) is 37.0 Å². The molecule has 0 heterocycles. The van der Waals surface area contributed by atoms with E-state index in [4.69, 9.17) is 4.74 Å². The summed E-state index contributed by atoms with van der Waals surface area (Å²) in [4.78, 5) is 26.0. The van der Waals surface area contributed by atoms with E-state index in [1.165, 1.54) is 23.5 Å². The van der Waals surface area contributed by atoms with Crippen molar-refractivity contribution in [3.8, 4) is 11.1 Å². The molecular formula is C34H36NO3PS. The fourth-order valence-electron chi connectivity index (χ4n) is 4.75. The molecule has 0 fully saturated rings. The molecule has 4 nitrogen and oxygen atoms in total. The molecule has 206 valence electrons. The molecule has 2 atom stereocenters. The van der Waals surface area contributed by atoms with Gasteiger partial charge in [0.25, 0.3) is 5.91 Å². The second kappa shape index (κ2) is 14.8. The third kappa shape index (κ3) is 7.84. The smallest absolute Gasteiger partial charge is 0.328 e. The van der Waals surface area contributed by atoms with Crippen molar-refractivity contribution in [2.75, 3.05) is 19.1 Å². The molecule has 0 aliphatic rings. The monoisotopic (exact) mass is 569 g/mol. The van der Waals surface area contributed by atoms with E-state index in [9.17, 15) is 9.59 Å². The van der Waals surface area contributed by atoms with Crippen molar-refractivity contribution in [2.24, 2.45) is 0 Å². The van der Waals surface area contributed by atoms with E-state index in [0.717, 1.165) is 34.8 Å². The number of hydrogen-bond acceptors (Lipinski definition) is 4. The van der Waals surface area contributed by atoms with Gasteiger partial charge in [-0.15, -0.1) is 0 Å². The van der Waals surface area contributed by atoms with Gasteiger partial charge in [-0.25, -0.2) is 4.79 Å². The second-order valence-electron chi connectivity index (χ2n) is 9.70. The molecule has 1 N–H and O–H groups in total. The quantitative estimate of drug-likeness (QED) is 0.145. The molecule has 40 heavy (non-hydrogen) atoms. The third-order valence-corrected chi connectivity index (χ3v) is 10.0. The molecule has 0 aromatic heterocycles. The minimum absolute atomic E-state index is 0.268. The average molecular weight is 570 g/mol. The Balaban J connectivity index is 1.70. The first-order chi connectivity index (χ1) is 19.5. The molecule has 0 saturated carbocycles.